The fourth-order valence-electron chi connectivity index (χ4n) is 2.56. The van der Waals surface area contributed by atoms with Crippen molar-refractivity contribution in [1.29, 1.82) is 0 Å². The van der Waals surface area contributed by atoms with Crippen molar-refractivity contribution in [3.05, 3.63) is 82.4 Å². The van der Waals surface area contributed by atoms with Gasteiger partial charge in [0.05, 0.1) is 26.9 Å². The molecule has 0 saturated heterocycles. The molecule has 3 aromatic rings. The Labute approximate surface area is 212 Å². The molecular formula is C20H12Br2ClN3O6S. The molecule has 0 spiro atoms. The smallest absolute Gasteiger partial charge is 0.350 e. The Kier molecular flexibility index (Phi) is 8.19. The fraction of sp³-hybridized carbons (Fsp3) is 0.0500. The van der Waals surface area contributed by atoms with Crippen molar-refractivity contribution >= 4 is 89.6 Å². The van der Waals surface area contributed by atoms with E-state index in [0.29, 0.717) is 0 Å². The number of nitrogens with zero attached hydrogens (tertiary/aromatic N) is 1. The molecule has 1 aromatic heterocycles. The van der Waals surface area contributed by atoms with Crippen LogP contribution in [-0.4, -0.2) is 29.3 Å². The number of nitro benzene ring substituents is 1. The number of esters is 1. The van der Waals surface area contributed by atoms with E-state index in [1.807, 2.05) is 0 Å². The van der Waals surface area contributed by atoms with Crippen LogP contribution in [-0.2, 0) is 9.53 Å². The maximum atomic E-state index is 12.5. The second-order valence-corrected chi connectivity index (χ2v) is 9.30. The van der Waals surface area contributed by atoms with Crippen LogP contribution in [0, 0.1) is 10.1 Å². The lowest BCUT2D eigenvalue weighted by molar-refractivity contribution is -0.385. The van der Waals surface area contributed by atoms with Gasteiger partial charge in [-0.15, -0.1) is 11.3 Å². The highest BCUT2D eigenvalue weighted by Crippen LogP contribution is 2.35. The topological polar surface area (TPSA) is 128 Å². The first-order valence-electron chi connectivity index (χ1n) is 8.91. The number of hydrogen-bond donors (Lipinski definition) is 2. The minimum Gasteiger partial charge on any atom is -0.451 e. The van der Waals surface area contributed by atoms with Crippen LogP contribution in [0.25, 0.3) is 0 Å². The molecule has 0 atom stereocenters. The summed E-state index contributed by atoms with van der Waals surface area (Å²) in [6.45, 7) is -0.621. The van der Waals surface area contributed by atoms with E-state index >= 15 is 0 Å². The van der Waals surface area contributed by atoms with Crippen LogP contribution >= 0.6 is 54.8 Å². The van der Waals surface area contributed by atoms with Gasteiger partial charge in [-0.3, -0.25) is 19.7 Å². The number of thiophene rings is 1. The summed E-state index contributed by atoms with van der Waals surface area (Å²) in [5.41, 5.74) is 0.521. The van der Waals surface area contributed by atoms with Gasteiger partial charge in [-0.1, -0.05) is 23.7 Å². The molecule has 0 aliphatic rings. The summed E-state index contributed by atoms with van der Waals surface area (Å²) in [4.78, 5) is 47.6. The fourth-order valence-corrected chi connectivity index (χ4v) is 4.88. The number of amides is 2. The normalized spacial score (nSPS) is 10.4. The summed E-state index contributed by atoms with van der Waals surface area (Å²) in [5, 5.41) is 17.9. The highest BCUT2D eigenvalue weighted by Gasteiger charge is 2.20. The predicted octanol–water partition coefficient (Wildman–Crippen LogP) is 5.88. The molecule has 9 nitrogen and oxygen atoms in total. The number of carbonyl (C=O) groups is 3. The molecule has 3 rings (SSSR count). The Hall–Kier alpha value is -2.80. The van der Waals surface area contributed by atoms with Crippen LogP contribution in [0.3, 0.4) is 0 Å². The first-order valence-corrected chi connectivity index (χ1v) is 11.8. The van der Waals surface area contributed by atoms with E-state index in [1.54, 1.807) is 29.6 Å². The lowest BCUT2D eigenvalue weighted by atomic mass is 10.2. The summed E-state index contributed by atoms with van der Waals surface area (Å²) in [6, 6.07) is 10.4. The van der Waals surface area contributed by atoms with Crippen LogP contribution in [0.5, 0.6) is 0 Å². The van der Waals surface area contributed by atoms with Crippen molar-refractivity contribution in [2.24, 2.45) is 0 Å². The van der Waals surface area contributed by atoms with Gasteiger partial charge in [-0.2, -0.15) is 0 Å². The molecule has 170 valence electrons. The summed E-state index contributed by atoms with van der Waals surface area (Å²) in [6.07, 6.45) is 0. The molecule has 2 amide bonds. The molecule has 2 aromatic carbocycles. The highest BCUT2D eigenvalue weighted by molar-refractivity contribution is 9.11. The molecular weight excluding hydrogens is 606 g/mol. The number of anilines is 2. The van der Waals surface area contributed by atoms with Crippen molar-refractivity contribution in [2.75, 3.05) is 17.2 Å². The first kappa shape index (κ1) is 24.8. The number of halogens is 3. The third kappa shape index (κ3) is 6.16. The Morgan fingerprint density at radius 1 is 1.09 bits per heavy atom. The SMILES string of the molecule is O=C(COC(=O)c1sccc1NC(=O)c1ccccc1Cl)Nc1c(Br)cc([N+](=O)[O-])cc1Br. The minimum absolute atomic E-state index is 0.0981. The van der Waals surface area contributed by atoms with E-state index in [0.717, 1.165) is 11.3 Å². The first-order chi connectivity index (χ1) is 15.7. The third-order valence-corrected chi connectivity index (χ3v) is 6.53. The number of rotatable bonds is 7. The molecule has 2 N–H and O–H groups in total. The van der Waals surface area contributed by atoms with E-state index in [1.165, 1.54) is 18.2 Å². The number of nitro groups is 1. The molecule has 0 aliphatic carbocycles. The number of carbonyl (C=O) groups excluding carboxylic acids is 3. The summed E-state index contributed by atoms with van der Waals surface area (Å²) < 4.78 is 5.60. The molecule has 0 saturated carbocycles. The van der Waals surface area contributed by atoms with Gasteiger partial charge in [-0.05, 0) is 55.4 Å². The van der Waals surface area contributed by atoms with Crippen molar-refractivity contribution < 1.29 is 24.0 Å². The zero-order valence-corrected chi connectivity index (χ0v) is 21.0. The third-order valence-electron chi connectivity index (χ3n) is 4.05. The monoisotopic (exact) mass is 615 g/mol. The molecule has 0 radical (unpaired) electrons. The Morgan fingerprint density at radius 2 is 1.76 bits per heavy atom. The van der Waals surface area contributed by atoms with E-state index in [2.05, 4.69) is 42.5 Å². The number of non-ortho nitro benzene ring substituents is 1. The molecule has 0 bridgehead atoms. The molecule has 0 fully saturated rings. The number of ether oxygens (including phenoxy) is 1. The van der Waals surface area contributed by atoms with Gasteiger partial charge in [0.1, 0.15) is 4.88 Å². The van der Waals surface area contributed by atoms with E-state index in [4.69, 9.17) is 16.3 Å². The molecule has 13 heteroatoms. The maximum Gasteiger partial charge on any atom is 0.350 e. The van der Waals surface area contributed by atoms with Crippen molar-refractivity contribution in [3.8, 4) is 0 Å². The minimum atomic E-state index is -0.809. The van der Waals surface area contributed by atoms with Gasteiger partial charge in [0.15, 0.2) is 6.61 Å². The van der Waals surface area contributed by atoms with Crippen molar-refractivity contribution in [3.63, 3.8) is 0 Å². The summed E-state index contributed by atoms with van der Waals surface area (Å²) in [5.74, 6) is -1.98. The molecule has 33 heavy (non-hydrogen) atoms. The molecule has 0 unspecified atom stereocenters. The van der Waals surface area contributed by atoms with Crippen LogP contribution < -0.4 is 10.6 Å². The van der Waals surface area contributed by atoms with Gasteiger partial charge in [0.2, 0.25) is 0 Å². The largest absolute Gasteiger partial charge is 0.451 e. The maximum absolute atomic E-state index is 12.5. The second-order valence-electron chi connectivity index (χ2n) is 6.26. The summed E-state index contributed by atoms with van der Waals surface area (Å²) in [7, 11) is 0. The van der Waals surface area contributed by atoms with Gasteiger partial charge in [0.25, 0.3) is 17.5 Å². The predicted molar refractivity (Wildman–Crippen MR) is 131 cm³/mol. The second kappa shape index (κ2) is 10.9. The van der Waals surface area contributed by atoms with E-state index in [-0.39, 0.29) is 41.5 Å². The molecule has 0 aliphatic heterocycles. The van der Waals surface area contributed by atoms with Gasteiger partial charge < -0.3 is 15.4 Å². The Bertz CT molecular complexity index is 1240. The zero-order chi connectivity index (χ0) is 24.1. The van der Waals surface area contributed by atoms with Crippen molar-refractivity contribution in [1.82, 2.24) is 0 Å². The van der Waals surface area contributed by atoms with Crippen LogP contribution in [0.2, 0.25) is 5.02 Å². The Morgan fingerprint density at radius 3 is 2.39 bits per heavy atom. The number of hydrogen-bond acceptors (Lipinski definition) is 7. The van der Waals surface area contributed by atoms with Crippen molar-refractivity contribution in [2.45, 2.75) is 0 Å². The van der Waals surface area contributed by atoms with Gasteiger partial charge >= 0.3 is 5.97 Å². The standard InChI is InChI=1S/C20H12Br2ClN3O6S/c21-12-7-10(26(30)31)8-13(22)17(12)25-16(27)9-32-20(29)18-15(5-6-33-18)24-19(28)11-3-1-2-4-14(11)23/h1-8H,9H2,(H,24,28)(H,25,27). The lowest BCUT2D eigenvalue weighted by Gasteiger charge is -2.11. The highest BCUT2D eigenvalue weighted by atomic mass is 79.9. The van der Waals surface area contributed by atoms with E-state index in [9.17, 15) is 24.5 Å². The van der Waals surface area contributed by atoms with E-state index < -0.39 is 29.3 Å². The van der Waals surface area contributed by atoms with Crippen LogP contribution in [0.4, 0.5) is 17.1 Å². The molecule has 1 heterocycles. The quantitative estimate of drug-likeness (QED) is 0.194. The average Bonchev–Trinajstić information content (AvgIpc) is 3.22. The van der Waals surface area contributed by atoms with Gasteiger partial charge in [-0.25, -0.2) is 4.79 Å². The van der Waals surface area contributed by atoms with Crippen LogP contribution in [0.1, 0.15) is 20.0 Å². The lowest BCUT2D eigenvalue weighted by Crippen LogP contribution is -2.22. The number of benzene rings is 2. The zero-order valence-electron chi connectivity index (χ0n) is 16.3. The van der Waals surface area contributed by atoms with Gasteiger partial charge in [0, 0.05) is 21.1 Å². The average molecular weight is 618 g/mol. The Balaban J connectivity index is 1.63. The number of nitrogens with one attached hydrogen (secondary N) is 2. The summed E-state index contributed by atoms with van der Waals surface area (Å²) >= 11 is 13.4. The van der Waals surface area contributed by atoms with Crippen LogP contribution in [0.15, 0.2) is 56.8 Å².